The summed E-state index contributed by atoms with van der Waals surface area (Å²) < 4.78 is 27.1. The molecule has 2 aliphatic rings. The van der Waals surface area contributed by atoms with E-state index in [0.717, 1.165) is 0 Å². The molecule has 0 bridgehead atoms. The van der Waals surface area contributed by atoms with Crippen LogP contribution in [0.5, 0.6) is 0 Å². The maximum absolute atomic E-state index is 11.4. The molecule has 5 nitrogen and oxygen atoms in total. The largest absolute Gasteiger partial charge is 0.473 e. The van der Waals surface area contributed by atoms with Crippen molar-refractivity contribution in [1.29, 1.82) is 0 Å². The van der Waals surface area contributed by atoms with E-state index in [1.165, 1.54) is 0 Å². The lowest BCUT2D eigenvalue weighted by Gasteiger charge is -2.26. The molecule has 0 amide bonds. The summed E-state index contributed by atoms with van der Waals surface area (Å²) in [6.07, 6.45) is 0.632. The van der Waals surface area contributed by atoms with Gasteiger partial charge < -0.3 is 9.63 Å². The molecule has 1 N–H and O–H groups in total. The third-order valence-electron chi connectivity index (χ3n) is 2.93. The fraction of sp³-hybridized carbons (Fsp3) is 1.00. The van der Waals surface area contributed by atoms with Gasteiger partial charge in [0, 0.05) is 0 Å². The molecule has 1 heterocycles. The SMILES string of the molecule is [B][C@H]1C[C@H]2OP(=O)(O)O[C@]2(COC(C)C)C1. The normalized spacial score (nSPS) is 47.5. The van der Waals surface area contributed by atoms with E-state index in [0.29, 0.717) is 12.8 Å². The Balaban J connectivity index is 2.11. The molecule has 1 aliphatic heterocycles. The molecule has 2 radical (unpaired) electrons. The zero-order valence-electron chi connectivity index (χ0n) is 9.46. The van der Waals surface area contributed by atoms with Crippen molar-refractivity contribution in [2.45, 2.75) is 50.3 Å². The molecule has 1 unspecified atom stereocenters. The van der Waals surface area contributed by atoms with Crippen molar-refractivity contribution in [2.24, 2.45) is 0 Å². The standard InChI is InChI=1S/C9H16BO5P/c1-6(2)13-5-9-4-7(10)3-8(9)14-16(11,12)15-9/h6-8H,3-5H2,1-2H3,(H,11,12)/t7-,8+,9-/m0/s1. The highest BCUT2D eigenvalue weighted by Crippen LogP contribution is 2.63. The average Bonchev–Trinajstić information content (AvgIpc) is 2.49. The van der Waals surface area contributed by atoms with Gasteiger partial charge in [0.15, 0.2) is 0 Å². The van der Waals surface area contributed by atoms with Gasteiger partial charge in [-0.3, -0.25) is 9.05 Å². The van der Waals surface area contributed by atoms with Crippen molar-refractivity contribution in [3.63, 3.8) is 0 Å². The summed E-state index contributed by atoms with van der Waals surface area (Å²) in [5.41, 5.74) is -0.839. The highest BCUT2D eigenvalue weighted by Gasteiger charge is 2.59. The van der Waals surface area contributed by atoms with Gasteiger partial charge in [-0.05, 0) is 26.7 Å². The zero-order valence-corrected chi connectivity index (χ0v) is 10.4. The van der Waals surface area contributed by atoms with E-state index in [2.05, 4.69) is 0 Å². The van der Waals surface area contributed by atoms with Crippen molar-refractivity contribution in [1.82, 2.24) is 0 Å². The molecule has 90 valence electrons. The van der Waals surface area contributed by atoms with E-state index in [1.807, 2.05) is 13.8 Å². The van der Waals surface area contributed by atoms with Gasteiger partial charge in [-0.2, -0.15) is 0 Å². The molecule has 2 rings (SSSR count). The molecule has 16 heavy (non-hydrogen) atoms. The van der Waals surface area contributed by atoms with E-state index in [-0.39, 0.29) is 18.5 Å². The molecule has 1 saturated heterocycles. The quantitative estimate of drug-likeness (QED) is 0.602. The Labute approximate surface area is 96.5 Å². The molecular formula is C9H16BO5P. The van der Waals surface area contributed by atoms with Crippen LogP contribution in [0.15, 0.2) is 0 Å². The predicted octanol–water partition coefficient (Wildman–Crippen LogP) is 1.42. The smallest absolute Gasteiger partial charge is 0.376 e. The molecule has 4 atom stereocenters. The predicted molar refractivity (Wildman–Crippen MR) is 58.3 cm³/mol. The molecule has 0 aromatic rings. The average molecular weight is 246 g/mol. The Hall–Kier alpha value is 0.135. The van der Waals surface area contributed by atoms with Crippen LogP contribution in [0.1, 0.15) is 26.7 Å². The summed E-state index contributed by atoms with van der Waals surface area (Å²) in [5.74, 6) is -0.0685. The summed E-state index contributed by atoms with van der Waals surface area (Å²) in [6.45, 7) is 4.04. The van der Waals surface area contributed by atoms with E-state index < -0.39 is 19.5 Å². The minimum absolute atomic E-state index is 0.0362. The first-order chi connectivity index (χ1) is 7.33. The first kappa shape index (κ1) is 12.6. The summed E-state index contributed by atoms with van der Waals surface area (Å²) in [6, 6.07) is 0. The second kappa shape index (κ2) is 4.11. The Morgan fingerprint density at radius 3 is 3.00 bits per heavy atom. The zero-order chi connectivity index (χ0) is 12.0. The summed E-state index contributed by atoms with van der Waals surface area (Å²) in [4.78, 5) is 9.33. The lowest BCUT2D eigenvalue weighted by Crippen LogP contribution is -2.40. The van der Waals surface area contributed by atoms with Crippen LogP contribution < -0.4 is 0 Å². The molecule has 1 saturated carbocycles. The van der Waals surface area contributed by atoms with Crippen LogP contribution in [0.4, 0.5) is 0 Å². The monoisotopic (exact) mass is 246 g/mol. The first-order valence-corrected chi connectivity index (χ1v) is 6.92. The van der Waals surface area contributed by atoms with E-state index in [1.54, 1.807) is 0 Å². The van der Waals surface area contributed by atoms with Crippen LogP contribution in [-0.4, -0.2) is 37.2 Å². The third kappa shape index (κ3) is 2.36. The second-order valence-electron chi connectivity index (χ2n) is 4.78. The van der Waals surface area contributed by atoms with Gasteiger partial charge in [-0.25, -0.2) is 4.57 Å². The van der Waals surface area contributed by atoms with Crippen molar-refractivity contribution in [3.05, 3.63) is 0 Å². The Bertz CT molecular complexity index is 323. The molecular weight excluding hydrogens is 230 g/mol. The molecule has 0 spiro atoms. The second-order valence-corrected chi connectivity index (χ2v) is 6.11. The molecule has 1 aliphatic carbocycles. The number of fused-ring (bicyclic) bond motifs is 1. The Morgan fingerprint density at radius 1 is 1.69 bits per heavy atom. The molecule has 7 heteroatoms. The van der Waals surface area contributed by atoms with Crippen LogP contribution in [0, 0.1) is 0 Å². The van der Waals surface area contributed by atoms with Gasteiger partial charge in [0.1, 0.15) is 11.7 Å². The highest BCUT2D eigenvalue weighted by molar-refractivity contribution is 7.47. The topological polar surface area (TPSA) is 65.0 Å². The fourth-order valence-electron chi connectivity index (χ4n) is 2.28. The molecule has 0 aromatic carbocycles. The number of ether oxygens (including phenoxy) is 1. The highest BCUT2D eigenvalue weighted by atomic mass is 31.2. The van der Waals surface area contributed by atoms with Crippen molar-refractivity contribution >= 4 is 15.7 Å². The Morgan fingerprint density at radius 2 is 2.38 bits per heavy atom. The number of hydrogen-bond acceptors (Lipinski definition) is 4. The minimum Gasteiger partial charge on any atom is -0.376 e. The van der Waals surface area contributed by atoms with E-state index in [4.69, 9.17) is 21.6 Å². The lowest BCUT2D eigenvalue weighted by atomic mass is 9.85. The first-order valence-electron chi connectivity index (χ1n) is 5.42. The molecule has 0 aromatic heterocycles. The van der Waals surface area contributed by atoms with Gasteiger partial charge in [0.2, 0.25) is 0 Å². The van der Waals surface area contributed by atoms with Gasteiger partial charge in [0.25, 0.3) is 0 Å². The van der Waals surface area contributed by atoms with Gasteiger partial charge in [-0.1, -0.05) is 5.82 Å². The lowest BCUT2D eigenvalue weighted by molar-refractivity contribution is -0.0518. The maximum atomic E-state index is 11.4. The maximum Gasteiger partial charge on any atom is 0.473 e. The minimum atomic E-state index is -3.91. The number of hydrogen-bond donors (Lipinski definition) is 1. The van der Waals surface area contributed by atoms with Crippen LogP contribution in [-0.2, 0) is 18.3 Å². The summed E-state index contributed by atoms with van der Waals surface area (Å²) >= 11 is 0. The third-order valence-corrected chi connectivity index (χ3v) is 4.05. The van der Waals surface area contributed by atoms with Gasteiger partial charge in [-0.15, -0.1) is 0 Å². The van der Waals surface area contributed by atoms with Crippen molar-refractivity contribution in [2.75, 3.05) is 6.61 Å². The van der Waals surface area contributed by atoms with E-state index >= 15 is 0 Å². The Kier molecular flexibility index (Phi) is 3.23. The van der Waals surface area contributed by atoms with Crippen molar-refractivity contribution in [3.8, 4) is 0 Å². The fourth-order valence-corrected chi connectivity index (χ4v) is 3.63. The van der Waals surface area contributed by atoms with Gasteiger partial charge >= 0.3 is 7.82 Å². The summed E-state index contributed by atoms with van der Waals surface area (Å²) in [7, 11) is 1.91. The molecule has 2 fully saturated rings. The van der Waals surface area contributed by atoms with Gasteiger partial charge in [0.05, 0.1) is 20.6 Å². The van der Waals surface area contributed by atoms with Crippen LogP contribution in [0.25, 0.3) is 0 Å². The van der Waals surface area contributed by atoms with Crippen molar-refractivity contribution < 1.29 is 23.2 Å². The van der Waals surface area contributed by atoms with E-state index in [9.17, 15) is 9.46 Å². The number of phosphoric ester groups is 1. The van der Waals surface area contributed by atoms with Crippen LogP contribution in [0.2, 0.25) is 5.82 Å². The van der Waals surface area contributed by atoms with Crippen LogP contribution >= 0.6 is 7.82 Å². The van der Waals surface area contributed by atoms with Crippen LogP contribution in [0.3, 0.4) is 0 Å². The number of phosphoric acid groups is 1. The number of rotatable bonds is 3. The summed E-state index contributed by atoms with van der Waals surface area (Å²) in [5, 5.41) is 0.